The van der Waals surface area contributed by atoms with Crippen LogP contribution in [-0.2, 0) is 6.61 Å². The van der Waals surface area contributed by atoms with Crippen molar-refractivity contribution in [2.75, 3.05) is 0 Å². The van der Waals surface area contributed by atoms with Crippen molar-refractivity contribution in [3.63, 3.8) is 0 Å². The minimum atomic E-state index is -0.234. The fourth-order valence-corrected chi connectivity index (χ4v) is 5.20. The Balaban J connectivity index is 1.25. The summed E-state index contributed by atoms with van der Waals surface area (Å²) in [6, 6.07) is 19.4. The number of para-hydroxylation sites is 1. The maximum absolute atomic E-state index is 12.8. The molecule has 0 aliphatic carbocycles. The molecule has 9 heteroatoms. The summed E-state index contributed by atoms with van der Waals surface area (Å²) in [4.78, 5) is 22.4. The summed E-state index contributed by atoms with van der Waals surface area (Å²) in [6.45, 7) is 2.21. The molecule has 6 rings (SSSR count). The maximum atomic E-state index is 12.8. The fraction of sp³-hybridized carbons (Fsp3) is 0.0833. The lowest BCUT2D eigenvalue weighted by atomic mass is 10.2. The van der Waals surface area contributed by atoms with E-state index in [-0.39, 0.29) is 12.2 Å². The number of ether oxygens (including phenoxy) is 1. The summed E-state index contributed by atoms with van der Waals surface area (Å²) in [6.07, 6.45) is 1.71. The summed E-state index contributed by atoms with van der Waals surface area (Å²) in [5.41, 5.74) is 1.86. The minimum absolute atomic E-state index is 0.194. The first kappa shape index (κ1) is 19.8. The molecular formula is C24H16N4O3S2. The number of hydrogen-bond acceptors (Lipinski definition) is 8. The van der Waals surface area contributed by atoms with E-state index >= 15 is 0 Å². The minimum Gasteiger partial charge on any atom is -0.486 e. The largest absolute Gasteiger partial charge is 0.486 e. The lowest BCUT2D eigenvalue weighted by molar-refractivity contribution is 0.296. The number of furan rings is 1. The average Bonchev–Trinajstić information content (AvgIpc) is 3.59. The summed E-state index contributed by atoms with van der Waals surface area (Å²) < 4.78 is 14.6. The molecule has 2 aromatic carbocycles. The lowest BCUT2D eigenvalue weighted by Gasteiger charge is -2.03. The van der Waals surface area contributed by atoms with Crippen molar-refractivity contribution in [2.45, 2.75) is 13.5 Å². The van der Waals surface area contributed by atoms with Crippen molar-refractivity contribution >= 4 is 43.9 Å². The Kier molecular flexibility index (Phi) is 4.78. The Bertz CT molecular complexity index is 1680. The third kappa shape index (κ3) is 3.81. The molecule has 0 aliphatic heterocycles. The van der Waals surface area contributed by atoms with Crippen LogP contribution in [0.25, 0.3) is 32.0 Å². The van der Waals surface area contributed by atoms with Gasteiger partial charge >= 0.3 is 0 Å². The summed E-state index contributed by atoms with van der Waals surface area (Å²) in [5.74, 6) is 2.44. The van der Waals surface area contributed by atoms with Crippen LogP contribution in [0.15, 0.2) is 69.9 Å². The maximum Gasteiger partial charge on any atom is 0.291 e. The van der Waals surface area contributed by atoms with Crippen LogP contribution in [0.5, 0.6) is 5.75 Å². The molecule has 0 N–H and O–H groups in total. The Morgan fingerprint density at radius 1 is 1.03 bits per heavy atom. The highest BCUT2D eigenvalue weighted by Crippen LogP contribution is 2.31. The Hall–Kier alpha value is -3.82. The van der Waals surface area contributed by atoms with Crippen LogP contribution >= 0.6 is 22.7 Å². The quantitative estimate of drug-likeness (QED) is 0.369. The van der Waals surface area contributed by atoms with E-state index in [9.17, 15) is 4.79 Å². The van der Waals surface area contributed by atoms with Gasteiger partial charge in [0.25, 0.3) is 5.56 Å². The molecule has 0 saturated heterocycles. The van der Waals surface area contributed by atoms with Gasteiger partial charge in [0.1, 0.15) is 22.6 Å². The van der Waals surface area contributed by atoms with E-state index in [2.05, 4.69) is 15.1 Å². The highest BCUT2D eigenvalue weighted by Gasteiger charge is 2.13. The molecule has 0 radical (unpaired) electrons. The predicted molar refractivity (Wildman–Crippen MR) is 129 cm³/mol. The van der Waals surface area contributed by atoms with E-state index in [0.717, 1.165) is 26.5 Å². The number of fused-ring (bicyclic) bond motifs is 2. The molecular weight excluding hydrogens is 456 g/mol. The van der Waals surface area contributed by atoms with Crippen LogP contribution in [0.2, 0.25) is 0 Å². The van der Waals surface area contributed by atoms with E-state index in [1.54, 1.807) is 17.4 Å². The Morgan fingerprint density at radius 3 is 2.70 bits per heavy atom. The molecule has 0 amide bonds. The average molecular weight is 473 g/mol. The van der Waals surface area contributed by atoms with Crippen LogP contribution in [-0.4, -0.2) is 19.6 Å². The van der Waals surface area contributed by atoms with Gasteiger partial charge in [-0.3, -0.25) is 4.79 Å². The van der Waals surface area contributed by atoms with Gasteiger partial charge in [-0.2, -0.15) is 9.50 Å². The molecule has 33 heavy (non-hydrogen) atoms. The van der Waals surface area contributed by atoms with Crippen LogP contribution in [0.4, 0.5) is 0 Å². The molecule has 0 aliphatic rings. The molecule has 0 fully saturated rings. The zero-order valence-corrected chi connectivity index (χ0v) is 19.0. The molecule has 4 heterocycles. The van der Waals surface area contributed by atoms with Gasteiger partial charge in [0.05, 0.1) is 10.2 Å². The van der Waals surface area contributed by atoms with Gasteiger partial charge in [0.15, 0.2) is 16.6 Å². The molecule has 0 atom stereocenters. The number of benzene rings is 2. The number of hydrogen-bond donors (Lipinski definition) is 0. The fourth-order valence-electron chi connectivity index (χ4n) is 3.37. The molecule has 6 aromatic rings. The first-order valence-corrected chi connectivity index (χ1v) is 11.8. The predicted octanol–water partition coefficient (Wildman–Crippen LogP) is 4.46. The second-order valence-corrected chi connectivity index (χ2v) is 9.47. The SMILES string of the molecule is Cc1ccc(OCc2nc3s/c(=C\c4ccc(-c5nc6ccccc6s5)o4)c(=O)n3n2)cc1. The Morgan fingerprint density at radius 2 is 1.88 bits per heavy atom. The van der Waals surface area contributed by atoms with Gasteiger partial charge in [0, 0.05) is 6.08 Å². The molecule has 0 spiro atoms. The van der Waals surface area contributed by atoms with Gasteiger partial charge < -0.3 is 9.15 Å². The van der Waals surface area contributed by atoms with Crippen LogP contribution in [0, 0.1) is 6.92 Å². The second kappa shape index (κ2) is 7.95. The zero-order chi connectivity index (χ0) is 22.4. The first-order chi connectivity index (χ1) is 16.1. The summed E-state index contributed by atoms with van der Waals surface area (Å²) in [7, 11) is 0. The molecule has 162 valence electrons. The molecule has 4 aromatic heterocycles. The molecule has 0 bridgehead atoms. The number of nitrogens with zero attached hydrogens (tertiary/aromatic N) is 4. The van der Waals surface area contributed by atoms with Crippen molar-refractivity contribution in [3.05, 3.63) is 92.7 Å². The summed E-state index contributed by atoms with van der Waals surface area (Å²) >= 11 is 2.83. The molecule has 0 unspecified atom stereocenters. The van der Waals surface area contributed by atoms with Gasteiger partial charge in [-0.05, 0) is 43.3 Å². The topological polar surface area (TPSA) is 82.5 Å². The highest BCUT2D eigenvalue weighted by molar-refractivity contribution is 7.21. The number of aryl methyl sites for hydroxylation is 1. The number of rotatable bonds is 5. The lowest BCUT2D eigenvalue weighted by Crippen LogP contribution is -2.23. The van der Waals surface area contributed by atoms with E-state index in [1.807, 2.05) is 67.6 Å². The smallest absolute Gasteiger partial charge is 0.291 e. The van der Waals surface area contributed by atoms with E-state index in [4.69, 9.17) is 9.15 Å². The van der Waals surface area contributed by atoms with Gasteiger partial charge in [-0.25, -0.2) is 4.98 Å². The monoisotopic (exact) mass is 472 g/mol. The van der Waals surface area contributed by atoms with Gasteiger partial charge in [-0.15, -0.1) is 16.4 Å². The standard InChI is InChI=1S/C24H16N4O3S2/c1-14-6-8-15(9-7-14)30-13-21-26-24-28(27-21)23(29)20(33-24)12-16-10-11-18(31-16)22-25-17-4-2-3-5-19(17)32-22/h2-12H,13H2,1H3/b20-12-. The van der Waals surface area contributed by atoms with Gasteiger partial charge in [0.2, 0.25) is 4.96 Å². The van der Waals surface area contributed by atoms with Crippen molar-refractivity contribution in [1.29, 1.82) is 0 Å². The van der Waals surface area contributed by atoms with Crippen LogP contribution in [0.3, 0.4) is 0 Å². The molecule has 7 nitrogen and oxygen atoms in total. The van der Waals surface area contributed by atoms with Crippen molar-refractivity contribution in [1.82, 2.24) is 19.6 Å². The molecule has 0 saturated carbocycles. The number of aromatic nitrogens is 4. The van der Waals surface area contributed by atoms with Crippen molar-refractivity contribution in [3.8, 4) is 16.5 Å². The Labute approximate surface area is 195 Å². The third-order valence-electron chi connectivity index (χ3n) is 5.02. The highest BCUT2D eigenvalue weighted by atomic mass is 32.1. The van der Waals surface area contributed by atoms with Gasteiger partial charge in [-0.1, -0.05) is 41.2 Å². The zero-order valence-electron chi connectivity index (χ0n) is 17.4. The van der Waals surface area contributed by atoms with E-state index in [1.165, 1.54) is 15.9 Å². The van der Waals surface area contributed by atoms with E-state index in [0.29, 0.717) is 26.8 Å². The van der Waals surface area contributed by atoms with Crippen molar-refractivity contribution in [2.24, 2.45) is 0 Å². The normalized spacial score (nSPS) is 12.2. The van der Waals surface area contributed by atoms with Crippen LogP contribution in [0.1, 0.15) is 17.1 Å². The third-order valence-corrected chi connectivity index (χ3v) is 7.03. The number of thiazole rings is 2. The van der Waals surface area contributed by atoms with Crippen LogP contribution < -0.4 is 14.8 Å². The second-order valence-electron chi connectivity index (χ2n) is 7.43. The first-order valence-electron chi connectivity index (χ1n) is 10.2. The van der Waals surface area contributed by atoms with Crippen molar-refractivity contribution < 1.29 is 9.15 Å². The summed E-state index contributed by atoms with van der Waals surface area (Å²) in [5, 5.41) is 5.11. The van der Waals surface area contributed by atoms with E-state index < -0.39 is 0 Å².